The highest BCUT2D eigenvalue weighted by atomic mass is 79.9. The molecule has 8 nitrogen and oxygen atoms in total. The largest absolute Gasteiger partial charge is 0.497 e. The van der Waals surface area contributed by atoms with Crippen LogP contribution in [0.2, 0.25) is 0 Å². The second-order valence-corrected chi connectivity index (χ2v) is 11.4. The van der Waals surface area contributed by atoms with Crippen molar-refractivity contribution in [3.05, 3.63) is 88.9 Å². The van der Waals surface area contributed by atoms with Crippen molar-refractivity contribution in [1.82, 2.24) is 10.2 Å². The van der Waals surface area contributed by atoms with Crippen molar-refractivity contribution in [2.45, 2.75) is 37.8 Å². The molecule has 1 N–H and O–H groups in total. The van der Waals surface area contributed by atoms with E-state index in [4.69, 9.17) is 4.74 Å². The maximum absolute atomic E-state index is 13.8. The quantitative estimate of drug-likeness (QED) is 0.327. The third-order valence-electron chi connectivity index (χ3n) is 5.93. The van der Waals surface area contributed by atoms with Gasteiger partial charge in [-0.2, -0.15) is 0 Å². The van der Waals surface area contributed by atoms with Crippen molar-refractivity contribution in [2.24, 2.45) is 0 Å². The lowest BCUT2D eigenvalue weighted by Gasteiger charge is -2.32. The van der Waals surface area contributed by atoms with Crippen molar-refractivity contribution < 1.29 is 22.7 Å². The molecule has 2 amide bonds. The number of hydrogen-bond acceptors (Lipinski definition) is 5. The van der Waals surface area contributed by atoms with E-state index in [0.29, 0.717) is 18.0 Å². The zero-order chi connectivity index (χ0) is 27.7. The molecule has 202 valence electrons. The smallest absolute Gasteiger partial charge is 0.264 e. The minimum Gasteiger partial charge on any atom is -0.497 e. The number of amides is 2. The Morgan fingerprint density at radius 2 is 1.68 bits per heavy atom. The second-order valence-electron chi connectivity index (χ2n) is 8.64. The van der Waals surface area contributed by atoms with Crippen LogP contribution in [0.15, 0.2) is 88.2 Å². The van der Waals surface area contributed by atoms with Gasteiger partial charge in [-0.1, -0.05) is 53.2 Å². The molecule has 3 rings (SSSR count). The van der Waals surface area contributed by atoms with E-state index >= 15 is 0 Å². The van der Waals surface area contributed by atoms with Crippen LogP contribution in [0.5, 0.6) is 5.75 Å². The average Bonchev–Trinajstić information content (AvgIpc) is 2.93. The van der Waals surface area contributed by atoms with Crippen molar-refractivity contribution in [2.75, 3.05) is 24.5 Å². The van der Waals surface area contributed by atoms with E-state index in [1.165, 1.54) is 24.1 Å². The lowest BCUT2D eigenvalue weighted by atomic mass is 10.1. The highest BCUT2D eigenvalue weighted by molar-refractivity contribution is 9.10. The van der Waals surface area contributed by atoms with Crippen molar-refractivity contribution in [1.29, 1.82) is 0 Å². The number of halogens is 1. The van der Waals surface area contributed by atoms with Crippen LogP contribution in [-0.4, -0.2) is 51.4 Å². The van der Waals surface area contributed by atoms with E-state index in [2.05, 4.69) is 21.2 Å². The number of carbonyl (C=O) groups excluding carboxylic acids is 2. The number of anilines is 1. The standard InChI is InChI=1S/C28H32BrN3O5S/c1-4-17-30-28(34)21(2)31(19-22-9-8-10-23(29)18-22)27(33)20-32(24-13-15-25(37-3)16-14-24)38(35,36)26-11-6-5-7-12-26/h5-16,18,21H,4,17,19-20H2,1-3H3,(H,30,34). The van der Waals surface area contributed by atoms with Crippen molar-refractivity contribution in [3.63, 3.8) is 0 Å². The van der Waals surface area contributed by atoms with Crippen LogP contribution in [0.3, 0.4) is 0 Å². The first kappa shape index (κ1) is 29.2. The molecule has 0 saturated heterocycles. The van der Waals surface area contributed by atoms with E-state index in [0.717, 1.165) is 20.8 Å². The lowest BCUT2D eigenvalue weighted by Crippen LogP contribution is -2.51. The predicted molar refractivity (Wildman–Crippen MR) is 151 cm³/mol. The van der Waals surface area contributed by atoms with E-state index in [9.17, 15) is 18.0 Å². The molecule has 0 fully saturated rings. The maximum Gasteiger partial charge on any atom is 0.264 e. The topological polar surface area (TPSA) is 96.0 Å². The molecule has 0 aromatic heterocycles. The SMILES string of the molecule is CCCNC(=O)C(C)N(Cc1cccc(Br)c1)C(=O)CN(c1ccc(OC)cc1)S(=O)(=O)c1ccccc1. The van der Waals surface area contributed by atoms with Gasteiger partial charge >= 0.3 is 0 Å². The summed E-state index contributed by atoms with van der Waals surface area (Å²) in [6.45, 7) is 3.69. The van der Waals surface area contributed by atoms with Gasteiger partial charge in [-0.05, 0) is 67.4 Å². The van der Waals surface area contributed by atoms with Gasteiger partial charge in [0.2, 0.25) is 11.8 Å². The molecule has 0 radical (unpaired) electrons. The summed E-state index contributed by atoms with van der Waals surface area (Å²) in [5.74, 6) is -0.272. The van der Waals surface area contributed by atoms with E-state index < -0.39 is 28.5 Å². The van der Waals surface area contributed by atoms with Gasteiger partial charge in [0.15, 0.2) is 0 Å². The lowest BCUT2D eigenvalue weighted by molar-refractivity contribution is -0.139. The zero-order valence-corrected chi connectivity index (χ0v) is 24.0. The van der Waals surface area contributed by atoms with Crippen LogP contribution in [0.1, 0.15) is 25.8 Å². The molecule has 1 atom stereocenters. The molecular weight excluding hydrogens is 570 g/mol. The molecule has 0 spiro atoms. The molecular formula is C28H32BrN3O5S. The van der Waals surface area contributed by atoms with Crippen LogP contribution < -0.4 is 14.4 Å². The van der Waals surface area contributed by atoms with E-state index in [1.54, 1.807) is 49.4 Å². The van der Waals surface area contributed by atoms with E-state index in [-0.39, 0.29) is 17.3 Å². The van der Waals surface area contributed by atoms with Crippen LogP contribution in [0.4, 0.5) is 5.69 Å². The molecule has 0 heterocycles. The fourth-order valence-electron chi connectivity index (χ4n) is 3.81. The molecule has 1 unspecified atom stereocenters. The summed E-state index contributed by atoms with van der Waals surface area (Å²) in [5, 5.41) is 2.83. The maximum atomic E-state index is 13.8. The van der Waals surface area contributed by atoms with Gasteiger partial charge < -0.3 is 15.0 Å². The minimum atomic E-state index is -4.11. The Morgan fingerprint density at radius 1 is 1.00 bits per heavy atom. The highest BCUT2D eigenvalue weighted by Gasteiger charge is 2.32. The predicted octanol–water partition coefficient (Wildman–Crippen LogP) is 4.60. The van der Waals surface area contributed by atoms with Crippen LogP contribution in [0.25, 0.3) is 0 Å². The average molecular weight is 603 g/mol. The Balaban J connectivity index is 2.01. The molecule has 3 aromatic rings. The van der Waals surface area contributed by atoms with Crippen molar-refractivity contribution in [3.8, 4) is 5.75 Å². The first-order valence-corrected chi connectivity index (χ1v) is 14.4. The van der Waals surface area contributed by atoms with Gasteiger partial charge in [0.25, 0.3) is 10.0 Å². The molecule has 0 aliphatic rings. The summed E-state index contributed by atoms with van der Waals surface area (Å²) in [4.78, 5) is 28.2. The number of nitrogens with zero attached hydrogens (tertiary/aromatic N) is 2. The zero-order valence-electron chi connectivity index (χ0n) is 21.6. The monoisotopic (exact) mass is 601 g/mol. The first-order chi connectivity index (χ1) is 18.2. The molecule has 0 aliphatic heterocycles. The number of nitrogens with one attached hydrogen (secondary N) is 1. The van der Waals surface area contributed by atoms with Gasteiger partial charge in [0.1, 0.15) is 18.3 Å². The Kier molecular flexibility index (Phi) is 10.3. The number of ether oxygens (including phenoxy) is 1. The summed E-state index contributed by atoms with van der Waals surface area (Å²) in [6.07, 6.45) is 0.749. The number of rotatable bonds is 12. The highest BCUT2D eigenvalue weighted by Crippen LogP contribution is 2.26. The number of methoxy groups -OCH3 is 1. The summed E-state index contributed by atoms with van der Waals surface area (Å²) >= 11 is 3.44. The number of hydrogen-bond donors (Lipinski definition) is 1. The van der Waals surface area contributed by atoms with Crippen LogP contribution >= 0.6 is 15.9 Å². The van der Waals surface area contributed by atoms with Crippen LogP contribution in [-0.2, 0) is 26.2 Å². The molecule has 3 aromatic carbocycles. The van der Waals surface area contributed by atoms with Crippen LogP contribution in [0, 0.1) is 0 Å². The van der Waals surface area contributed by atoms with Gasteiger partial charge in [-0.25, -0.2) is 8.42 Å². The van der Waals surface area contributed by atoms with Gasteiger partial charge in [0.05, 0.1) is 17.7 Å². The molecule has 38 heavy (non-hydrogen) atoms. The van der Waals surface area contributed by atoms with Gasteiger partial charge in [-0.3, -0.25) is 13.9 Å². The molecule has 0 aliphatic carbocycles. The Labute approximate surface area is 232 Å². The summed E-state index contributed by atoms with van der Waals surface area (Å²) < 4.78 is 34.6. The first-order valence-electron chi connectivity index (χ1n) is 12.2. The number of sulfonamides is 1. The Hall–Kier alpha value is -3.37. The second kappa shape index (κ2) is 13.4. The number of benzene rings is 3. The fourth-order valence-corrected chi connectivity index (χ4v) is 5.69. The Morgan fingerprint density at radius 3 is 2.29 bits per heavy atom. The Bertz CT molecular complexity index is 1330. The minimum absolute atomic E-state index is 0.0518. The number of carbonyl (C=O) groups is 2. The normalized spacial score (nSPS) is 11.9. The third kappa shape index (κ3) is 7.35. The third-order valence-corrected chi connectivity index (χ3v) is 8.21. The summed E-state index contributed by atoms with van der Waals surface area (Å²) in [7, 11) is -2.59. The molecule has 0 saturated carbocycles. The van der Waals surface area contributed by atoms with Gasteiger partial charge in [-0.15, -0.1) is 0 Å². The fraction of sp³-hybridized carbons (Fsp3) is 0.286. The van der Waals surface area contributed by atoms with E-state index in [1.807, 2.05) is 31.2 Å². The molecule has 10 heteroatoms. The molecule has 0 bridgehead atoms. The van der Waals surface area contributed by atoms with Gasteiger partial charge in [0, 0.05) is 17.6 Å². The summed E-state index contributed by atoms with van der Waals surface area (Å²) in [6, 6.07) is 21.0. The van der Waals surface area contributed by atoms with Crippen molar-refractivity contribution >= 4 is 43.5 Å². The summed E-state index contributed by atoms with van der Waals surface area (Å²) in [5.41, 5.74) is 1.10.